The molecular weight excluding hydrogens is 559 g/mol. The average Bonchev–Trinajstić information content (AvgIpc) is 3.87. The number of halogens is 1. The number of carbonyl (C=O) groups is 1. The van der Waals surface area contributed by atoms with E-state index >= 15 is 0 Å². The number of alkyl halides is 1. The Morgan fingerprint density at radius 2 is 1.98 bits per heavy atom. The number of allylic oxidation sites excluding steroid dienone is 1. The number of rotatable bonds is 10. The Kier molecular flexibility index (Phi) is 8.94. The van der Waals surface area contributed by atoms with Gasteiger partial charge in [-0.05, 0) is 56.2 Å². The van der Waals surface area contributed by atoms with Crippen molar-refractivity contribution >= 4 is 28.2 Å². The van der Waals surface area contributed by atoms with Crippen LogP contribution in [0.2, 0.25) is 0 Å². The summed E-state index contributed by atoms with van der Waals surface area (Å²) >= 11 is 0. The van der Waals surface area contributed by atoms with Crippen LogP contribution >= 0.6 is 0 Å². The molecule has 2 atom stereocenters. The van der Waals surface area contributed by atoms with E-state index in [1.54, 1.807) is 4.90 Å². The summed E-state index contributed by atoms with van der Waals surface area (Å²) in [5.74, 6) is 0.533. The number of aromatic nitrogens is 2. The van der Waals surface area contributed by atoms with Gasteiger partial charge in [0, 0.05) is 48.9 Å². The first-order valence-electron chi connectivity index (χ1n) is 15.5. The number of hydrogen-bond acceptors (Lipinski definition) is 7. The van der Waals surface area contributed by atoms with E-state index in [0.717, 1.165) is 42.9 Å². The minimum atomic E-state index is -0.700. The van der Waals surface area contributed by atoms with Crippen molar-refractivity contribution in [3.8, 4) is 6.01 Å². The van der Waals surface area contributed by atoms with Gasteiger partial charge in [-0.1, -0.05) is 30.3 Å². The van der Waals surface area contributed by atoms with Crippen LogP contribution in [0.15, 0.2) is 48.6 Å². The third-order valence-corrected chi connectivity index (χ3v) is 8.57. The predicted molar refractivity (Wildman–Crippen MR) is 169 cm³/mol. The zero-order chi connectivity index (χ0) is 30.6. The Labute approximate surface area is 258 Å². The van der Waals surface area contributed by atoms with E-state index in [-0.39, 0.29) is 24.6 Å². The molecule has 1 aromatic heterocycles. The molecule has 0 bridgehead atoms. The summed E-state index contributed by atoms with van der Waals surface area (Å²) < 4.78 is 24.8. The van der Waals surface area contributed by atoms with Crippen LogP contribution in [0.3, 0.4) is 0 Å². The van der Waals surface area contributed by atoms with E-state index in [9.17, 15) is 9.18 Å². The first-order valence-corrected chi connectivity index (χ1v) is 15.5. The second-order valence-corrected chi connectivity index (χ2v) is 11.9. The number of anilines is 2. The standard InChI is InChI=1S/C34H39FN6O3/c1-23-7-4-8-25-9-5-10-30(32(23)25)39-16-14-28-29(21-39)37-34(44-24(2)22-43-27-12-13-27)38-33(28)40-17-18-41(26(20-40)19-36-3)31(42)11-6-15-35/h4-11,24,26-27H,12-22H2,1-2H3/b11-6+/t24-,26-/m0/s1. The van der Waals surface area contributed by atoms with Crippen molar-refractivity contribution < 1.29 is 18.7 Å². The van der Waals surface area contributed by atoms with Crippen LogP contribution in [0.4, 0.5) is 15.9 Å². The summed E-state index contributed by atoms with van der Waals surface area (Å²) in [4.78, 5) is 32.5. The van der Waals surface area contributed by atoms with Gasteiger partial charge < -0.3 is 29.0 Å². The van der Waals surface area contributed by atoms with Crippen LogP contribution in [0.5, 0.6) is 6.01 Å². The molecule has 3 aromatic rings. The minimum Gasteiger partial charge on any atom is -0.458 e. The summed E-state index contributed by atoms with van der Waals surface area (Å²) in [6, 6.07) is 12.8. The summed E-state index contributed by atoms with van der Waals surface area (Å²) in [7, 11) is 0. The van der Waals surface area contributed by atoms with Gasteiger partial charge in [0.15, 0.2) is 0 Å². The predicted octanol–water partition coefficient (Wildman–Crippen LogP) is 4.91. The summed E-state index contributed by atoms with van der Waals surface area (Å²) in [6.07, 6.45) is 5.54. The van der Waals surface area contributed by atoms with Crippen LogP contribution in [0.1, 0.15) is 36.6 Å². The molecule has 3 aliphatic rings. The molecule has 10 heteroatoms. The smallest absolute Gasteiger partial charge is 0.319 e. The van der Waals surface area contributed by atoms with E-state index in [0.29, 0.717) is 44.9 Å². The van der Waals surface area contributed by atoms with Gasteiger partial charge in [0.25, 0.3) is 0 Å². The number of aryl methyl sites for hydroxylation is 1. The van der Waals surface area contributed by atoms with Gasteiger partial charge in [0.05, 0.1) is 24.9 Å². The molecule has 44 heavy (non-hydrogen) atoms. The molecule has 9 nitrogen and oxygen atoms in total. The Morgan fingerprint density at radius 1 is 1.16 bits per heavy atom. The van der Waals surface area contributed by atoms with Crippen LogP contribution in [0.25, 0.3) is 15.6 Å². The molecule has 2 fully saturated rings. The fourth-order valence-corrected chi connectivity index (χ4v) is 6.24. The lowest BCUT2D eigenvalue weighted by atomic mass is 9.99. The van der Waals surface area contributed by atoms with Crippen LogP contribution in [-0.4, -0.2) is 85.0 Å². The molecule has 2 aliphatic heterocycles. The number of amides is 1. The fourth-order valence-electron chi connectivity index (χ4n) is 6.24. The van der Waals surface area contributed by atoms with Crippen LogP contribution in [-0.2, 0) is 22.5 Å². The van der Waals surface area contributed by atoms with Gasteiger partial charge >= 0.3 is 6.01 Å². The van der Waals surface area contributed by atoms with Crippen molar-refractivity contribution in [2.24, 2.45) is 0 Å². The fraction of sp³-hybridized carbons (Fsp3) is 0.471. The second-order valence-electron chi connectivity index (χ2n) is 11.9. The van der Waals surface area contributed by atoms with Crippen molar-refractivity contribution in [3.05, 3.63) is 76.8 Å². The molecule has 6 rings (SSSR count). The highest BCUT2D eigenvalue weighted by Gasteiger charge is 2.35. The Balaban J connectivity index is 1.31. The normalized spacial score (nSPS) is 19.2. The van der Waals surface area contributed by atoms with Gasteiger partial charge in [-0.25, -0.2) is 11.0 Å². The maximum Gasteiger partial charge on any atom is 0.319 e. The molecule has 1 saturated carbocycles. The van der Waals surface area contributed by atoms with E-state index in [1.807, 2.05) is 6.92 Å². The number of hydrogen-bond donors (Lipinski definition) is 0. The van der Waals surface area contributed by atoms with E-state index < -0.39 is 6.67 Å². The van der Waals surface area contributed by atoms with Crippen LogP contribution < -0.4 is 14.5 Å². The van der Waals surface area contributed by atoms with E-state index in [1.165, 1.54) is 34.2 Å². The topological polar surface area (TPSA) is 75.4 Å². The molecule has 1 amide bonds. The zero-order valence-corrected chi connectivity index (χ0v) is 25.4. The average molecular weight is 599 g/mol. The van der Waals surface area contributed by atoms with Gasteiger partial charge in [0.2, 0.25) is 12.5 Å². The largest absolute Gasteiger partial charge is 0.458 e. The molecule has 1 saturated heterocycles. The van der Waals surface area contributed by atoms with E-state index in [4.69, 9.17) is 26.0 Å². The Morgan fingerprint density at radius 3 is 2.75 bits per heavy atom. The van der Waals surface area contributed by atoms with Crippen molar-refractivity contribution in [3.63, 3.8) is 0 Å². The number of fused-ring (bicyclic) bond motifs is 2. The summed E-state index contributed by atoms with van der Waals surface area (Å²) in [5, 5.41) is 2.46. The van der Waals surface area contributed by atoms with Gasteiger partial charge in [-0.15, -0.1) is 0 Å². The number of benzene rings is 2. The minimum absolute atomic E-state index is 0.159. The molecule has 0 radical (unpaired) electrons. The van der Waals surface area contributed by atoms with Gasteiger partial charge in [-0.2, -0.15) is 9.97 Å². The third-order valence-electron chi connectivity index (χ3n) is 8.57. The molecular formula is C34H39FN6O3. The quantitative estimate of drug-likeness (QED) is 0.243. The SMILES string of the molecule is [C-]#[N+]C[C@H]1CN(c2nc(O[C@@H](C)COC3CC3)nc3c2CCN(c2cccc4cccc(C)c24)C3)CCN1C(=O)/C=C/CF. The van der Waals surface area contributed by atoms with Crippen molar-refractivity contribution in [1.29, 1.82) is 0 Å². The number of ether oxygens (including phenoxy) is 2. The zero-order valence-electron chi connectivity index (χ0n) is 25.4. The lowest BCUT2D eigenvalue weighted by molar-refractivity contribution is -0.128. The van der Waals surface area contributed by atoms with Crippen molar-refractivity contribution in [2.75, 3.05) is 55.8 Å². The monoisotopic (exact) mass is 598 g/mol. The van der Waals surface area contributed by atoms with Gasteiger partial charge in [-0.3, -0.25) is 4.79 Å². The number of nitrogens with zero attached hydrogens (tertiary/aromatic N) is 6. The lowest BCUT2D eigenvalue weighted by Crippen LogP contribution is -2.56. The molecule has 2 aromatic carbocycles. The van der Waals surface area contributed by atoms with Gasteiger partial charge in [0.1, 0.15) is 24.6 Å². The van der Waals surface area contributed by atoms with E-state index in [2.05, 4.69) is 58.0 Å². The Bertz CT molecular complexity index is 1580. The third kappa shape index (κ3) is 6.48. The van der Waals surface area contributed by atoms with Crippen molar-refractivity contribution in [1.82, 2.24) is 14.9 Å². The number of piperazine rings is 1. The molecule has 0 spiro atoms. The summed E-state index contributed by atoms with van der Waals surface area (Å²) in [6.45, 7) is 14.4. The first-order chi connectivity index (χ1) is 21.4. The second kappa shape index (κ2) is 13.2. The van der Waals surface area contributed by atoms with Crippen LogP contribution in [0, 0.1) is 13.5 Å². The highest BCUT2D eigenvalue weighted by Crippen LogP contribution is 2.36. The Hall–Kier alpha value is -4.23. The molecule has 0 N–H and O–H groups in total. The molecule has 230 valence electrons. The lowest BCUT2D eigenvalue weighted by Gasteiger charge is -2.41. The number of carbonyl (C=O) groups excluding carboxylic acids is 1. The summed E-state index contributed by atoms with van der Waals surface area (Å²) in [5.41, 5.74) is 4.42. The maximum absolute atomic E-state index is 12.8. The highest BCUT2D eigenvalue weighted by atomic mass is 19.1. The van der Waals surface area contributed by atoms with Crippen molar-refractivity contribution in [2.45, 2.75) is 57.9 Å². The molecule has 0 unspecified atom stereocenters. The molecule has 3 heterocycles. The maximum atomic E-state index is 12.8. The first kappa shape index (κ1) is 29.8. The molecule has 1 aliphatic carbocycles. The highest BCUT2D eigenvalue weighted by molar-refractivity contribution is 5.97.